The second-order valence-electron chi connectivity index (χ2n) is 4.93. The molecular weight excluding hydrogens is 280 g/mol. The van der Waals surface area contributed by atoms with Gasteiger partial charge >= 0.3 is 0 Å². The summed E-state index contributed by atoms with van der Waals surface area (Å²) in [5, 5.41) is 0. The quantitative estimate of drug-likeness (QED) is 0.813. The first-order valence-electron chi connectivity index (χ1n) is 6.50. The van der Waals surface area contributed by atoms with Crippen molar-refractivity contribution in [2.75, 3.05) is 19.5 Å². The maximum Gasteiger partial charge on any atom is 0.240 e. The normalized spacial score (nSPS) is 23.5. The number of hydrogen-bond donors (Lipinski definition) is 2. The molecule has 2 rings (SSSR count). The number of nitrogen functional groups attached to an aromatic ring is 1. The van der Waals surface area contributed by atoms with Gasteiger partial charge in [0.1, 0.15) is 5.75 Å². The lowest BCUT2D eigenvalue weighted by atomic mass is 10.1. The molecular formula is C13H20N2O4S. The van der Waals surface area contributed by atoms with E-state index in [0.717, 1.165) is 0 Å². The van der Waals surface area contributed by atoms with Crippen molar-refractivity contribution < 1.29 is 17.9 Å². The lowest BCUT2D eigenvalue weighted by Gasteiger charge is -2.27. The fourth-order valence-electron chi connectivity index (χ4n) is 2.25. The molecule has 1 fully saturated rings. The van der Waals surface area contributed by atoms with Crippen molar-refractivity contribution in [3.63, 3.8) is 0 Å². The van der Waals surface area contributed by atoms with Gasteiger partial charge in [0.25, 0.3) is 0 Å². The second kappa shape index (κ2) is 5.99. The van der Waals surface area contributed by atoms with Gasteiger partial charge in [0.15, 0.2) is 0 Å². The number of sulfonamides is 1. The van der Waals surface area contributed by atoms with Crippen LogP contribution in [0.4, 0.5) is 5.69 Å². The van der Waals surface area contributed by atoms with Crippen LogP contribution in [0.2, 0.25) is 0 Å². The van der Waals surface area contributed by atoms with E-state index in [9.17, 15) is 8.42 Å². The predicted octanol–water partition coefficient (Wildman–Crippen LogP) is 1.12. The predicted molar refractivity (Wildman–Crippen MR) is 76.2 cm³/mol. The highest BCUT2D eigenvalue weighted by atomic mass is 32.2. The summed E-state index contributed by atoms with van der Waals surface area (Å²) in [4.78, 5) is 0.155. The molecule has 6 nitrogen and oxygen atoms in total. The Morgan fingerprint density at radius 3 is 2.85 bits per heavy atom. The van der Waals surface area contributed by atoms with E-state index in [-0.39, 0.29) is 17.0 Å². The molecule has 7 heteroatoms. The van der Waals surface area contributed by atoms with Gasteiger partial charge in [-0.3, -0.25) is 0 Å². The molecule has 1 aromatic carbocycles. The van der Waals surface area contributed by atoms with Crippen molar-refractivity contribution >= 4 is 15.7 Å². The number of methoxy groups -OCH3 is 1. The van der Waals surface area contributed by atoms with Gasteiger partial charge in [0, 0.05) is 18.7 Å². The van der Waals surface area contributed by atoms with Gasteiger partial charge in [0.05, 0.1) is 23.8 Å². The largest absolute Gasteiger partial charge is 0.495 e. The van der Waals surface area contributed by atoms with Crippen molar-refractivity contribution in [2.45, 2.75) is 36.8 Å². The van der Waals surface area contributed by atoms with Gasteiger partial charge in [0.2, 0.25) is 10.0 Å². The van der Waals surface area contributed by atoms with Crippen molar-refractivity contribution in [1.29, 1.82) is 0 Å². The third-order valence-electron chi connectivity index (χ3n) is 3.32. The molecule has 1 heterocycles. The highest BCUT2D eigenvalue weighted by Crippen LogP contribution is 2.25. The van der Waals surface area contributed by atoms with E-state index in [4.69, 9.17) is 15.2 Å². The Morgan fingerprint density at radius 1 is 1.45 bits per heavy atom. The maximum atomic E-state index is 12.3. The molecule has 0 radical (unpaired) electrons. The van der Waals surface area contributed by atoms with Crippen LogP contribution in [0.1, 0.15) is 19.8 Å². The molecule has 0 bridgehead atoms. The van der Waals surface area contributed by atoms with Crippen LogP contribution in [0.5, 0.6) is 5.75 Å². The molecule has 2 atom stereocenters. The smallest absolute Gasteiger partial charge is 0.240 e. The number of anilines is 1. The molecule has 0 aromatic heterocycles. The molecule has 1 aliphatic heterocycles. The highest BCUT2D eigenvalue weighted by Gasteiger charge is 2.25. The average Bonchev–Trinajstić information content (AvgIpc) is 2.38. The Balaban J connectivity index is 2.17. The standard InChI is InChI=1S/C13H20N2O4S/c1-9-7-10(5-6-19-9)15-20(16,17)11-3-4-12(14)13(8-11)18-2/h3-4,8-10,15H,5-7,14H2,1-2H3. The molecule has 112 valence electrons. The first-order chi connectivity index (χ1) is 9.42. The van der Waals surface area contributed by atoms with Gasteiger partial charge in [-0.25, -0.2) is 13.1 Å². The molecule has 0 spiro atoms. The summed E-state index contributed by atoms with van der Waals surface area (Å²) in [5.74, 6) is 0.355. The number of nitrogens with one attached hydrogen (secondary N) is 1. The van der Waals surface area contributed by atoms with Crippen LogP contribution in [-0.4, -0.2) is 34.3 Å². The minimum absolute atomic E-state index is 0.0670. The minimum atomic E-state index is -3.57. The maximum absolute atomic E-state index is 12.3. The summed E-state index contributed by atoms with van der Waals surface area (Å²) in [6.45, 7) is 2.51. The Hall–Kier alpha value is -1.31. The van der Waals surface area contributed by atoms with E-state index in [2.05, 4.69) is 4.72 Å². The summed E-state index contributed by atoms with van der Waals surface area (Å²) in [5.41, 5.74) is 6.10. The lowest BCUT2D eigenvalue weighted by molar-refractivity contribution is 0.0173. The molecule has 1 aliphatic rings. The first kappa shape index (κ1) is 15.1. The van der Waals surface area contributed by atoms with Gasteiger partial charge < -0.3 is 15.2 Å². The van der Waals surface area contributed by atoms with Crippen LogP contribution in [-0.2, 0) is 14.8 Å². The van der Waals surface area contributed by atoms with Gasteiger partial charge in [-0.2, -0.15) is 0 Å². The van der Waals surface area contributed by atoms with Crippen molar-refractivity contribution in [3.8, 4) is 5.75 Å². The molecule has 1 saturated heterocycles. The Morgan fingerprint density at radius 2 is 2.20 bits per heavy atom. The number of hydrogen-bond acceptors (Lipinski definition) is 5. The van der Waals surface area contributed by atoms with E-state index >= 15 is 0 Å². The number of nitrogens with two attached hydrogens (primary N) is 1. The Bertz CT molecular complexity index is 574. The van der Waals surface area contributed by atoms with Crippen LogP contribution in [0.25, 0.3) is 0 Å². The minimum Gasteiger partial charge on any atom is -0.495 e. The number of benzene rings is 1. The van der Waals surface area contributed by atoms with Gasteiger partial charge in [-0.05, 0) is 31.9 Å². The summed E-state index contributed by atoms with van der Waals surface area (Å²) < 4.78 is 37.8. The summed E-state index contributed by atoms with van der Waals surface area (Å²) >= 11 is 0. The highest BCUT2D eigenvalue weighted by molar-refractivity contribution is 7.89. The third kappa shape index (κ3) is 3.41. The van der Waals surface area contributed by atoms with Gasteiger partial charge in [-0.1, -0.05) is 0 Å². The van der Waals surface area contributed by atoms with E-state index in [0.29, 0.717) is 30.9 Å². The molecule has 3 N–H and O–H groups in total. The van der Waals surface area contributed by atoms with Crippen LogP contribution in [0.3, 0.4) is 0 Å². The molecule has 0 aliphatic carbocycles. The SMILES string of the molecule is COc1cc(S(=O)(=O)NC2CCOC(C)C2)ccc1N. The Labute approximate surface area is 119 Å². The fraction of sp³-hybridized carbons (Fsp3) is 0.538. The van der Waals surface area contributed by atoms with E-state index in [1.54, 1.807) is 0 Å². The van der Waals surface area contributed by atoms with E-state index in [1.165, 1.54) is 25.3 Å². The zero-order valence-electron chi connectivity index (χ0n) is 11.6. The van der Waals surface area contributed by atoms with Crippen molar-refractivity contribution in [2.24, 2.45) is 0 Å². The van der Waals surface area contributed by atoms with E-state index in [1.807, 2.05) is 6.92 Å². The van der Waals surface area contributed by atoms with Gasteiger partial charge in [-0.15, -0.1) is 0 Å². The molecule has 2 unspecified atom stereocenters. The van der Waals surface area contributed by atoms with Crippen LogP contribution < -0.4 is 15.2 Å². The molecule has 20 heavy (non-hydrogen) atoms. The van der Waals surface area contributed by atoms with Crippen LogP contribution in [0.15, 0.2) is 23.1 Å². The monoisotopic (exact) mass is 300 g/mol. The summed E-state index contributed by atoms with van der Waals surface area (Å²) in [6.07, 6.45) is 1.42. The van der Waals surface area contributed by atoms with E-state index < -0.39 is 10.0 Å². The number of rotatable bonds is 4. The number of ether oxygens (including phenoxy) is 2. The third-order valence-corrected chi connectivity index (χ3v) is 4.84. The van der Waals surface area contributed by atoms with Crippen molar-refractivity contribution in [3.05, 3.63) is 18.2 Å². The Kier molecular flexibility index (Phi) is 4.52. The lowest BCUT2D eigenvalue weighted by Crippen LogP contribution is -2.41. The van der Waals surface area contributed by atoms with Crippen LogP contribution in [0, 0.1) is 0 Å². The molecule has 0 amide bonds. The molecule has 1 aromatic rings. The fourth-order valence-corrected chi connectivity index (χ4v) is 3.55. The zero-order valence-corrected chi connectivity index (χ0v) is 12.4. The van der Waals surface area contributed by atoms with Crippen molar-refractivity contribution in [1.82, 2.24) is 4.72 Å². The summed E-state index contributed by atoms with van der Waals surface area (Å²) in [6, 6.07) is 4.33. The topological polar surface area (TPSA) is 90.7 Å². The molecule has 0 saturated carbocycles. The average molecular weight is 300 g/mol. The first-order valence-corrected chi connectivity index (χ1v) is 7.98. The zero-order chi connectivity index (χ0) is 14.8. The summed E-state index contributed by atoms with van der Waals surface area (Å²) in [7, 11) is -2.12. The van der Waals surface area contributed by atoms with Crippen LogP contribution >= 0.6 is 0 Å². The second-order valence-corrected chi connectivity index (χ2v) is 6.64.